The van der Waals surface area contributed by atoms with Crippen molar-refractivity contribution in [3.63, 3.8) is 0 Å². The highest BCUT2D eigenvalue weighted by Crippen LogP contribution is 2.26. The van der Waals surface area contributed by atoms with E-state index in [0.717, 1.165) is 11.4 Å². The lowest BCUT2D eigenvalue weighted by Crippen LogP contribution is -2.13. The second-order valence-corrected chi connectivity index (χ2v) is 6.02. The number of amides is 1. The molecule has 2 aromatic carbocycles. The van der Waals surface area contributed by atoms with Gasteiger partial charge in [0.05, 0.1) is 19.8 Å². The molecule has 1 amide bonds. The molecular weight excluding hydrogens is 328 g/mol. The van der Waals surface area contributed by atoms with Gasteiger partial charge < -0.3 is 19.4 Å². The van der Waals surface area contributed by atoms with E-state index in [0.29, 0.717) is 17.1 Å². The van der Waals surface area contributed by atoms with Crippen molar-refractivity contribution in [2.45, 2.75) is 13.8 Å². The second kappa shape index (κ2) is 7.35. The van der Waals surface area contributed by atoms with E-state index in [4.69, 9.17) is 9.47 Å². The van der Waals surface area contributed by atoms with Crippen LogP contribution in [0.3, 0.4) is 0 Å². The molecular formula is C21H22N2O3. The molecule has 5 heteroatoms. The van der Waals surface area contributed by atoms with E-state index < -0.39 is 0 Å². The zero-order valence-corrected chi connectivity index (χ0v) is 15.4. The van der Waals surface area contributed by atoms with Gasteiger partial charge in [0.25, 0.3) is 5.91 Å². The molecule has 0 fully saturated rings. The number of carbonyl (C=O) groups is 1. The first-order chi connectivity index (χ1) is 12.5. The lowest BCUT2D eigenvalue weighted by atomic mass is 10.1. The third-order valence-corrected chi connectivity index (χ3v) is 4.31. The number of rotatable bonds is 5. The van der Waals surface area contributed by atoms with Gasteiger partial charge in [-0.05, 0) is 62.4 Å². The predicted molar refractivity (Wildman–Crippen MR) is 103 cm³/mol. The van der Waals surface area contributed by atoms with Gasteiger partial charge in [0.1, 0.15) is 11.5 Å². The van der Waals surface area contributed by atoms with Crippen molar-refractivity contribution in [2.24, 2.45) is 0 Å². The Balaban J connectivity index is 1.80. The second-order valence-electron chi connectivity index (χ2n) is 6.02. The van der Waals surface area contributed by atoms with Crippen molar-refractivity contribution in [3.05, 3.63) is 71.5 Å². The predicted octanol–water partition coefficient (Wildman–Crippen LogP) is 4.36. The number of hydrogen-bond donors (Lipinski definition) is 1. The number of nitrogens with zero attached hydrogens (tertiary/aromatic N) is 1. The van der Waals surface area contributed by atoms with Crippen molar-refractivity contribution >= 4 is 11.6 Å². The van der Waals surface area contributed by atoms with Crippen LogP contribution in [0.15, 0.2) is 54.6 Å². The first-order valence-electron chi connectivity index (χ1n) is 8.32. The van der Waals surface area contributed by atoms with Gasteiger partial charge >= 0.3 is 0 Å². The average Bonchev–Trinajstić information content (AvgIpc) is 3.00. The van der Waals surface area contributed by atoms with Gasteiger partial charge in [-0.2, -0.15) is 0 Å². The Labute approximate surface area is 153 Å². The quantitative estimate of drug-likeness (QED) is 0.744. The van der Waals surface area contributed by atoms with Crippen molar-refractivity contribution < 1.29 is 14.3 Å². The lowest BCUT2D eigenvalue weighted by molar-refractivity contribution is 0.102. The minimum Gasteiger partial charge on any atom is -0.497 e. The maximum atomic E-state index is 12.6. The molecule has 0 radical (unpaired) electrons. The van der Waals surface area contributed by atoms with E-state index >= 15 is 0 Å². The molecule has 3 rings (SSSR count). The molecule has 0 aliphatic carbocycles. The topological polar surface area (TPSA) is 52.5 Å². The van der Waals surface area contributed by atoms with Crippen LogP contribution in [0.1, 0.15) is 21.7 Å². The summed E-state index contributed by atoms with van der Waals surface area (Å²) in [5, 5.41) is 2.90. The summed E-state index contributed by atoms with van der Waals surface area (Å²) in [7, 11) is 3.10. The summed E-state index contributed by atoms with van der Waals surface area (Å²) in [4.78, 5) is 12.6. The Bertz CT molecular complexity index is 907. The Morgan fingerprint density at radius 3 is 2.12 bits per heavy atom. The molecule has 0 atom stereocenters. The van der Waals surface area contributed by atoms with Crippen LogP contribution >= 0.6 is 0 Å². The third-order valence-electron chi connectivity index (χ3n) is 4.31. The molecule has 0 spiro atoms. The molecule has 0 aliphatic rings. The average molecular weight is 350 g/mol. The monoisotopic (exact) mass is 350 g/mol. The zero-order valence-electron chi connectivity index (χ0n) is 15.4. The fourth-order valence-electron chi connectivity index (χ4n) is 2.95. The number of methoxy groups -OCH3 is 2. The van der Waals surface area contributed by atoms with Crippen molar-refractivity contribution in [3.8, 4) is 17.2 Å². The number of benzene rings is 2. The molecule has 26 heavy (non-hydrogen) atoms. The summed E-state index contributed by atoms with van der Waals surface area (Å²) in [5.41, 5.74) is 4.57. The molecule has 0 unspecified atom stereocenters. The van der Waals surface area contributed by atoms with E-state index in [-0.39, 0.29) is 5.91 Å². The van der Waals surface area contributed by atoms with Crippen LogP contribution in [0.4, 0.5) is 5.69 Å². The number of anilines is 1. The Morgan fingerprint density at radius 2 is 1.54 bits per heavy atom. The molecule has 0 aliphatic heterocycles. The van der Waals surface area contributed by atoms with Crippen LogP contribution in [-0.2, 0) is 0 Å². The first kappa shape index (κ1) is 17.6. The van der Waals surface area contributed by atoms with Crippen molar-refractivity contribution in [1.82, 2.24) is 4.57 Å². The lowest BCUT2D eigenvalue weighted by Gasteiger charge is -2.12. The summed E-state index contributed by atoms with van der Waals surface area (Å²) >= 11 is 0. The Morgan fingerprint density at radius 1 is 0.885 bits per heavy atom. The van der Waals surface area contributed by atoms with E-state index in [9.17, 15) is 4.79 Å². The van der Waals surface area contributed by atoms with Crippen LogP contribution in [0.25, 0.3) is 5.69 Å². The SMILES string of the molecule is COc1ccc(C(=O)Nc2ccc(-n3c(C)ccc3C)cc2)c(OC)c1. The van der Waals surface area contributed by atoms with E-state index in [1.807, 2.05) is 24.3 Å². The van der Waals surface area contributed by atoms with Gasteiger partial charge in [0.15, 0.2) is 0 Å². The number of aromatic nitrogens is 1. The normalized spacial score (nSPS) is 10.5. The summed E-state index contributed by atoms with van der Waals surface area (Å²) < 4.78 is 12.6. The maximum Gasteiger partial charge on any atom is 0.259 e. The van der Waals surface area contributed by atoms with E-state index in [2.05, 4.69) is 35.9 Å². The summed E-state index contributed by atoms with van der Waals surface area (Å²) in [5.74, 6) is 0.878. The van der Waals surface area contributed by atoms with Crippen LogP contribution < -0.4 is 14.8 Å². The maximum absolute atomic E-state index is 12.6. The van der Waals surface area contributed by atoms with E-state index in [1.165, 1.54) is 18.5 Å². The molecule has 0 saturated heterocycles. The highest BCUT2D eigenvalue weighted by molar-refractivity contribution is 6.06. The molecule has 1 N–H and O–H groups in total. The zero-order chi connectivity index (χ0) is 18.7. The minimum atomic E-state index is -0.231. The fraction of sp³-hybridized carbons (Fsp3) is 0.190. The molecule has 1 aromatic heterocycles. The summed E-state index contributed by atoms with van der Waals surface area (Å²) in [6.07, 6.45) is 0. The largest absolute Gasteiger partial charge is 0.497 e. The van der Waals surface area contributed by atoms with Gasteiger partial charge in [-0.25, -0.2) is 0 Å². The van der Waals surface area contributed by atoms with Gasteiger partial charge in [-0.15, -0.1) is 0 Å². The van der Waals surface area contributed by atoms with Crippen LogP contribution in [0.2, 0.25) is 0 Å². The van der Waals surface area contributed by atoms with Gasteiger partial charge in [0.2, 0.25) is 0 Å². The minimum absolute atomic E-state index is 0.231. The van der Waals surface area contributed by atoms with Gasteiger partial charge in [-0.1, -0.05) is 0 Å². The fourth-order valence-corrected chi connectivity index (χ4v) is 2.95. The first-order valence-corrected chi connectivity index (χ1v) is 8.32. The highest BCUT2D eigenvalue weighted by atomic mass is 16.5. The highest BCUT2D eigenvalue weighted by Gasteiger charge is 2.14. The molecule has 5 nitrogen and oxygen atoms in total. The molecule has 1 heterocycles. The Hall–Kier alpha value is -3.21. The molecule has 0 saturated carbocycles. The van der Waals surface area contributed by atoms with Crippen LogP contribution in [0, 0.1) is 13.8 Å². The van der Waals surface area contributed by atoms with Crippen LogP contribution in [-0.4, -0.2) is 24.7 Å². The third kappa shape index (κ3) is 3.42. The number of hydrogen-bond acceptors (Lipinski definition) is 3. The van der Waals surface area contributed by atoms with Gasteiger partial charge in [0, 0.05) is 28.8 Å². The number of aryl methyl sites for hydroxylation is 2. The van der Waals surface area contributed by atoms with Gasteiger partial charge in [-0.3, -0.25) is 4.79 Å². The van der Waals surface area contributed by atoms with Crippen molar-refractivity contribution in [1.29, 1.82) is 0 Å². The molecule has 134 valence electrons. The standard InChI is InChI=1S/C21H22N2O3/c1-14-5-6-15(2)23(14)17-9-7-16(8-10-17)22-21(24)19-12-11-18(25-3)13-20(19)26-4/h5-13H,1-4H3,(H,22,24). The molecule has 0 bridgehead atoms. The molecule has 3 aromatic rings. The van der Waals surface area contributed by atoms with Crippen molar-refractivity contribution in [2.75, 3.05) is 19.5 Å². The van der Waals surface area contributed by atoms with Crippen LogP contribution in [0.5, 0.6) is 11.5 Å². The number of ether oxygens (including phenoxy) is 2. The van der Waals surface area contributed by atoms with E-state index in [1.54, 1.807) is 25.3 Å². The smallest absolute Gasteiger partial charge is 0.259 e. The number of nitrogens with one attached hydrogen (secondary N) is 1. The summed E-state index contributed by atoms with van der Waals surface area (Å²) in [6.45, 7) is 4.14. The Kier molecular flexibility index (Phi) is 4.98. The number of carbonyl (C=O) groups excluding carboxylic acids is 1. The summed E-state index contributed by atoms with van der Waals surface area (Å²) in [6, 6.07) is 17.0.